The maximum absolute atomic E-state index is 14.5. The molecule has 0 spiro atoms. The van der Waals surface area contributed by atoms with Crippen LogP contribution in [-0.2, 0) is 0 Å². The smallest absolute Gasteiger partial charge is 0.159 e. The normalized spacial score (nSPS) is 11.6. The van der Waals surface area contributed by atoms with E-state index >= 15 is 0 Å². The van der Waals surface area contributed by atoms with Gasteiger partial charge in [-0.15, -0.1) is 0 Å². The summed E-state index contributed by atoms with van der Waals surface area (Å²) in [7, 11) is 3.91. The highest BCUT2D eigenvalue weighted by atomic mass is 19.1. The molecule has 0 aliphatic carbocycles. The number of aromatic amines is 2. The van der Waals surface area contributed by atoms with E-state index in [-0.39, 0.29) is 0 Å². The Balaban J connectivity index is 1.41. The lowest BCUT2D eigenvalue weighted by atomic mass is 10.1. The number of nitrogens with one attached hydrogen (secondary N) is 2. The molecule has 0 radical (unpaired) electrons. The number of imidazole rings is 1. The van der Waals surface area contributed by atoms with Crippen LogP contribution in [-0.4, -0.2) is 72.2 Å². The molecule has 0 bridgehead atoms. The summed E-state index contributed by atoms with van der Waals surface area (Å²) in [6.45, 7) is 1.16. The molecule has 0 fully saturated rings. The summed E-state index contributed by atoms with van der Waals surface area (Å²) in [5, 5.41) is 8.19. The van der Waals surface area contributed by atoms with Crippen LogP contribution in [0.1, 0.15) is 0 Å². The third-order valence-corrected chi connectivity index (χ3v) is 5.85. The van der Waals surface area contributed by atoms with E-state index in [2.05, 4.69) is 35.1 Å². The van der Waals surface area contributed by atoms with Crippen LogP contribution in [0, 0.1) is 5.82 Å². The molecule has 184 valence electrons. The number of hydrogen-bond donors (Lipinski definition) is 2. The van der Waals surface area contributed by atoms with Crippen molar-refractivity contribution in [2.75, 3.05) is 27.2 Å². The summed E-state index contributed by atoms with van der Waals surface area (Å²) >= 11 is 0. The Kier molecular flexibility index (Phi) is 5.73. The van der Waals surface area contributed by atoms with Gasteiger partial charge in [0.05, 0.1) is 28.5 Å². The van der Waals surface area contributed by atoms with Gasteiger partial charge >= 0.3 is 0 Å². The predicted molar refractivity (Wildman–Crippen MR) is 137 cm³/mol. The van der Waals surface area contributed by atoms with Crippen LogP contribution < -0.4 is 4.74 Å². The van der Waals surface area contributed by atoms with Crippen LogP contribution in [0.25, 0.3) is 56.1 Å². The Morgan fingerprint density at radius 3 is 2.70 bits per heavy atom. The van der Waals surface area contributed by atoms with Crippen LogP contribution in [0.5, 0.6) is 5.75 Å². The molecule has 6 rings (SSSR count). The van der Waals surface area contributed by atoms with Crippen molar-refractivity contribution in [1.82, 2.24) is 45.0 Å². The monoisotopic (exact) mass is 495 g/mol. The lowest BCUT2D eigenvalue weighted by molar-refractivity contribution is 0.260. The Morgan fingerprint density at radius 1 is 0.946 bits per heavy atom. The molecule has 10 nitrogen and oxygen atoms in total. The van der Waals surface area contributed by atoms with Crippen molar-refractivity contribution in [3.8, 4) is 39.8 Å². The van der Waals surface area contributed by atoms with Crippen molar-refractivity contribution in [1.29, 1.82) is 0 Å². The second-order valence-electron chi connectivity index (χ2n) is 8.75. The van der Waals surface area contributed by atoms with Gasteiger partial charge in [0.25, 0.3) is 0 Å². The first kappa shape index (κ1) is 22.7. The molecule has 0 unspecified atom stereocenters. The highest BCUT2D eigenvalue weighted by Gasteiger charge is 2.18. The number of ether oxygens (including phenoxy) is 1. The Hall–Kier alpha value is -4.77. The molecule has 5 aromatic heterocycles. The summed E-state index contributed by atoms with van der Waals surface area (Å²) in [5.41, 5.74) is 5.17. The molecule has 2 N–H and O–H groups in total. The summed E-state index contributed by atoms with van der Waals surface area (Å²) < 4.78 is 20.3. The van der Waals surface area contributed by atoms with Crippen molar-refractivity contribution < 1.29 is 9.13 Å². The number of rotatable bonds is 7. The molecule has 0 saturated carbocycles. The lowest BCUT2D eigenvalue weighted by Crippen LogP contribution is -2.19. The summed E-state index contributed by atoms with van der Waals surface area (Å²) in [6.07, 6.45) is 8.31. The number of benzene rings is 1. The summed E-state index contributed by atoms with van der Waals surface area (Å²) in [6, 6.07) is 8.33. The third kappa shape index (κ3) is 4.47. The third-order valence-electron chi connectivity index (χ3n) is 5.85. The SMILES string of the molecule is CN(C)CCOc1cc(F)cc(-c2nccc3[nH]c(-c4n[nH]c5ncc(-c6cnccn6)cc45)nc23)c1. The molecule has 5 heterocycles. The number of halogens is 1. The van der Waals surface area contributed by atoms with Crippen LogP contribution in [0.3, 0.4) is 0 Å². The first-order valence-corrected chi connectivity index (χ1v) is 11.6. The number of pyridine rings is 2. The number of fused-ring (bicyclic) bond motifs is 2. The van der Waals surface area contributed by atoms with E-state index in [9.17, 15) is 4.39 Å². The van der Waals surface area contributed by atoms with Crippen molar-refractivity contribution in [2.24, 2.45) is 0 Å². The fourth-order valence-electron chi connectivity index (χ4n) is 4.06. The zero-order valence-electron chi connectivity index (χ0n) is 20.1. The molecular formula is C26H22FN9O. The molecule has 0 amide bonds. The zero-order valence-corrected chi connectivity index (χ0v) is 20.1. The van der Waals surface area contributed by atoms with Gasteiger partial charge < -0.3 is 14.6 Å². The van der Waals surface area contributed by atoms with Gasteiger partial charge in [-0.3, -0.25) is 20.1 Å². The molecule has 6 aromatic rings. The van der Waals surface area contributed by atoms with Gasteiger partial charge in [-0.25, -0.2) is 14.4 Å². The van der Waals surface area contributed by atoms with E-state index in [1.165, 1.54) is 12.1 Å². The molecule has 37 heavy (non-hydrogen) atoms. The van der Waals surface area contributed by atoms with E-state index in [0.29, 0.717) is 58.5 Å². The largest absolute Gasteiger partial charge is 0.492 e. The standard InChI is InChI=1S/C26H22FN9O/c1-36(2)7-8-37-18-10-15(9-17(27)12-18)22-24-20(3-4-30-22)32-26(33-24)23-19-11-16(13-31-25(19)35-34-23)21-14-28-5-6-29-21/h3-6,9-14H,7-8H2,1-2H3,(H,32,33)(H,31,34,35). The van der Waals surface area contributed by atoms with E-state index < -0.39 is 5.82 Å². The van der Waals surface area contributed by atoms with Gasteiger partial charge in [0.1, 0.15) is 29.4 Å². The van der Waals surface area contributed by atoms with Gasteiger partial charge in [0, 0.05) is 48.5 Å². The first-order valence-electron chi connectivity index (χ1n) is 11.6. The fourth-order valence-corrected chi connectivity index (χ4v) is 4.06. The zero-order chi connectivity index (χ0) is 25.4. The lowest BCUT2D eigenvalue weighted by Gasteiger charge is -2.12. The van der Waals surface area contributed by atoms with Gasteiger partial charge in [-0.05, 0) is 38.4 Å². The average Bonchev–Trinajstić information content (AvgIpc) is 3.52. The van der Waals surface area contributed by atoms with Gasteiger partial charge in [-0.2, -0.15) is 5.10 Å². The van der Waals surface area contributed by atoms with Crippen LogP contribution in [0.15, 0.2) is 61.3 Å². The summed E-state index contributed by atoms with van der Waals surface area (Å²) in [4.78, 5) is 27.6. The topological polar surface area (TPSA) is 121 Å². The summed E-state index contributed by atoms with van der Waals surface area (Å²) in [5.74, 6) is 0.563. The second kappa shape index (κ2) is 9.36. The molecular weight excluding hydrogens is 473 g/mol. The highest BCUT2D eigenvalue weighted by Crippen LogP contribution is 2.32. The van der Waals surface area contributed by atoms with E-state index in [1.807, 2.05) is 31.1 Å². The van der Waals surface area contributed by atoms with Crippen molar-refractivity contribution >= 4 is 22.1 Å². The van der Waals surface area contributed by atoms with Crippen molar-refractivity contribution in [3.05, 3.63) is 67.1 Å². The molecule has 0 aliphatic heterocycles. The Labute approximate surface area is 210 Å². The van der Waals surface area contributed by atoms with Crippen molar-refractivity contribution in [2.45, 2.75) is 0 Å². The van der Waals surface area contributed by atoms with E-state index in [0.717, 1.165) is 16.5 Å². The number of hydrogen-bond acceptors (Lipinski definition) is 8. The number of aromatic nitrogens is 8. The maximum atomic E-state index is 14.5. The minimum atomic E-state index is -0.409. The predicted octanol–water partition coefficient (Wildman–Crippen LogP) is 4.10. The number of nitrogens with zero attached hydrogens (tertiary/aromatic N) is 7. The molecule has 0 aliphatic rings. The average molecular weight is 496 g/mol. The van der Waals surface area contributed by atoms with Crippen molar-refractivity contribution in [3.63, 3.8) is 0 Å². The number of H-pyrrole nitrogens is 2. The second-order valence-corrected chi connectivity index (χ2v) is 8.75. The quantitative estimate of drug-likeness (QED) is 0.340. The minimum absolute atomic E-state index is 0.409. The van der Waals surface area contributed by atoms with Gasteiger partial charge in [0.15, 0.2) is 11.5 Å². The Morgan fingerprint density at radius 2 is 1.86 bits per heavy atom. The molecule has 0 atom stereocenters. The van der Waals surface area contributed by atoms with Crippen LogP contribution in [0.4, 0.5) is 4.39 Å². The van der Waals surface area contributed by atoms with Gasteiger partial charge in [-0.1, -0.05) is 0 Å². The van der Waals surface area contributed by atoms with Gasteiger partial charge in [0.2, 0.25) is 0 Å². The Bertz CT molecular complexity index is 1710. The molecule has 0 saturated heterocycles. The van der Waals surface area contributed by atoms with Crippen LogP contribution in [0.2, 0.25) is 0 Å². The van der Waals surface area contributed by atoms with Crippen LogP contribution >= 0.6 is 0 Å². The minimum Gasteiger partial charge on any atom is -0.492 e. The van der Waals surface area contributed by atoms with E-state index in [4.69, 9.17) is 9.72 Å². The molecule has 1 aromatic carbocycles. The number of likely N-dealkylation sites (N-methyl/N-ethyl adjacent to an activating group) is 1. The van der Waals surface area contributed by atoms with E-state index in [1.54, 1.807) is 37.1 Å². The molecule has 11 heteroatoms. The first-order chi connectivity index (χ1) is 18.0. The fraction of sp³-hybridized carbons (Fsp3) is 0.154. The highest BCUT2D eigenvalue weighted by molar-refractivity contribution is 5.96. The maximum Gasteiger partial charge on any atom is 0.159 e.